The van der Waals surface area contributed by atoms with Crippen molar-refractivity contribution >= 4 is 21.5 Å². The predicted molar refractivity (Wildman–Crippen MR) is 73.9 cm³/mol. The molecule has 2 heterocycles. The van der Waals surface area contributed by atoms with Gasteiger partial charge in [0.05, 0.1) is 21.5 Å². The highest BCUT2D eigenvalue weighted by molar-refractivity contribution is 5.97. The lowest BCUT2D eigenvalue weighted by Gasteiger charge is -1.96. The third kappa shape index (κ3) is 1.67. The van der Waals surface area contributed by atoms with Crippen molar-refractivity contribution in [1.29, 1.82) is 0 Å². The van der Waals surface area contributed by atoms with Crippen molar-refractivity contribution in [1.82, 2.24) is 9.13 Å². The van der Waals surface area contributed by atoms with E-state index in [0.29, 0.717) is 4.57 Å². The monoisotopic (exact) mass is 305 g/mol. The van der Waals surface area contributed by atoms with Gasteiger partial charge in [-0.1, -0.05) is 0 Å². The molecular formula is C12H7N3O7. The average Bonchev–Trinajstić information content (AvgIpc) is 2.84. The molecule has 3 aromatic rings. The summed E-state index contributed by atoms with van der Waals surface area (Å²) < 4.78 is 1.41. The third-order valence-corrected chi connectivity index (χ3v) is 3.47. The van der Waals surface area contributed by atoms with Crippen molar-refractivity contribution in [3.05, 3.63) is 63.7 Å². The van der Waals surface area contributed by atoms with Gasteiger partial charge in [-0.15, -0.1) is 10.1 Å². The van der Waals surface area contributed by atoms with Crippen LogP contribution in [0.2, 0.25) is 0 Å². The highest BCUT2D eigenvalue weighted by Gasteiger charge is 2.18. The summed E-state index contributed by atoms with van der Waals surface area (Å²) in [6.45, 7) is -0.855. The maximum absolute atomic E-state index is 12.1. The van der Waals surface area contributed by atoms with Gasteiger partial charge in [-0.3, -0.25) is 28.6 Å². The minimum atomic E-state index is -1.13. The molecule has 0 aliphatic rings. The van der Waals surface area contributed by atoms with E-state index < -0.39 is 34.1 Å². The second kappa shape index (κ2) is 4.35. The first kappa shape index (κ1) is 13.7. The largest absolute Gasteiger partial charge is 0.296 e. The molecule has 22 heavy (non-hydrogen) atoms. The summed E-state index contributed by atoms with van der Waals surface area (Å²) in [5.41, 5.74) is -2.80. The number of rotatable bonds is 3. The van der Waals surface area contributed by atoms with E-state index in [-0.39, 0.29) is 21.5 Å². The fraction of sp³-hybridized carbons (Fsp3) is 0.167. The van der Waals surface area contributed by atoms with E-state index in [0.717, 1.165) is 16.7 Å². The Labute approximate surface area is 119 Å². The van der Waals surface area contributed by atoms with E-state index >= 15 is 0 Å². The molecule has 0 aliphatic heterocycles. The summed E-state index contributed by atoms with van der Waals surface area (Å²) in [6.07, 6.45) is 0. The normalized spacial score (nSPS) is 11.3. The van der Waals surface area contributed by atoms with Crippen molar-refractivity contribution in [3.8, 4) is 0 Å². The molecule has 0 saturated heterocycles. The summed E-state index contributed by atoms with van der Waals surface area (Å²) in [6, 6.07) is 2.31. The molecule has 0 N–H and O–H groups in total. The molecule has 3 rings (SSSR count). The smallest absolute Gasteiger partial charge is 0.292 e. The third-order valence-electron chi connectivity index (χ3n) is 3.47. The van der Waals surface area contributed by atoms with Crippen LogP contribution in [0.25, 0.3) is 21.5 Å². The molecule has 0 unspecified atom stereocenters. The summed E-state index contributed by atoms with van der Waals surface area (Å²) >= 11 is 0. The Hall–Kier alpha value is -3.30. The lowest BCUT2D eigenvalue weighted by Crippen LogP contribution is -2.27. The van der Waals surface area contributed by atoms with Crippen LogP contribution in [0.1, 0.15) is 0 Å². The molecule has 0 bridgehead atoms. The zero-order valence-electron chi connectivity index (χ0n) is 11.1. The predicted octanol–water partition coefficient (Wildman–Crippen LogP) is -1.38. The molecule has 2 aromatic heterocycles. The Kier molecular flexibility index (Phi) is 2.70. The van der Waals surface area contributed by atoms with Crippen LogP contribution in [0.4, 0.5) is 0 Å². The number of nitrogens with zero attached hydrogens (tertiary/aromatic N) is 3. The number of fused-ring (bicyclic) bond motifs is 2. The van der Waals surface area contributed by atoms with Gasteiger partial charge in [0.1, 0.15) is 0 Å². The summed E-state index contributed by atoms with van der Waals surface area (Å²) in [5, 5.41) is 8.89. The lowest BCUT2D eigenvalue weighted by atomic mass is 10.1. The number of benzene rings is 1. The van der Waals surface area contributed by atoms with Crippen LogP contribution in [0.3, 0.4) is 0 Å². The maximum atomic E-state index is 12.1. The van der Waals surface area contributed by atoms with Gasteiger partial charge < -0.3 is 0 Å². The zero-order valence-corrected chi connectivity index (χ0v) is 11.1. The summed E-state index contributed by atoms with van der Waals surface area (Å²) in [7, 11) is 1.29. The Morgan fingerprint density at radius 1 is 0.955 bits per heavy atom. The van der Waals surface area contributed by atoms with Crippen LogP contribution in [0.5, 0.6) is 0 Å². The van der Waals surface area contributed by atoms with Crippen molar-refractivity contribution in [2.45, 2.75) is 6.73 Å². The number of aromatic nitrogens is 2. The van der Waals surface area contributed by atoms with Gasteiger partial charge in [0.25, 0.3) is 27.3 Å². The standard InChI is InChI=1S/C12H7N3O7/c1-13-9(16)5-2-7-8(3-6(5)10(13)17)12(19)14(11(7)18)4-22-15(20)21/h2-3H,4H2,1H3. The van der Waals surface area contributed by atoms with E-state index in [9.17, 15) is 29.3 Å². The minimum absolute atomic E-state index is 0.0180. The molecule has 0 spiro atoms. The van der Waals surface area contributed by atoms with Gasteiger partial charge in [0, 0.05) is 7.05 Å². The fourth-order valence-electron chi connectivity index (χ4n) is 2.37. The zero-order chi connectivity index (χ0) is 16.2. The highest BCUT2D eigenvalue weighted by atomic mass is 17.0. The molecule has 112 valence electrons. The van der Waals surface area contributed by atoms with Crippen LogP contribution in [0.15, 0.2) is 31.3 Å². The molecule has 1 aromatic carbocycles. The fourth-order valence-corrected chi connectivity index (χ4v) is 2.37. The topological polar surface area (TPSA) is 131 Å². The van der Waals surface area contributed by atoms with E-state index in [2.05, 4.69) is 4.84 Å². The van der Waals surface area contributed by atoms with E-state index in [1.54, 1.807) is 0 Å². The number of hydrogen-bond donors (Lipinski definition) is 0. The Morgan fingerprint density at radius 2 is 1.36 bits per heavy atom. The first-order valence-corrected chi connectivity index (χ1v) is 5.97. The molecule has 0 radical (unpaired) electrons. The van der Waals surface area contributed by atoms with Crippen LogP contribution in [-0.4, -0.2) is 14.2 Å². The molecule has 0 aliphatic carbocycles. The molecule has 0 atom stereocenters. The van der Waals surface area contributed by atoms with E-state index in [4.69, 9.17) is 0 Å². The van der Waals surface area contributed by atoms with Crippen LogP contribution < -0.4 is 22.2 Å². The second-order valence-electron chi connectivity index (χ2n) is 4.63. The maximum Gasteiger partial charge on any atom is 0.296 e. The van der Waals surface area contributed by atoms with Gasteiger partial charge in [-0.25, -0.2) is 4.57 Å². The summed E-state index contributed by atoms with van der Waals surface area (Å²) in [5.74, 6) is 0. The number of hydrogen-bond acceptors (Lipinski definition) is 7. The van der Waals surface area contributed by atoms with Crippen molar-refractivity contribution in [2.24, 2.45) is 7.05 Å². The van der Waals surface area contributed by atoms with Crippen LogP contribution in [0, 0.1) is 10.1 Å². The second-order valence-corrected chi connectivity index (χ2v) is 4.63. The Morgan fingerprint density at radius 3 is 1.77 bits per heavy atom. The molecule has 0 amide bonds. The van der Waals surface area contributed by atoms with Gasteiger partial charge in [-0.05, 0) is 12.1 Å². The lowest BCUT2D eigenvalue weighted by molar-refractivity contribution is -0.767. The van der Waals surface area contributed by atoms with E-state index in [1.165, 1.54) is 7.05 Å². The van der Waals surface area contributed by atoms with Crippen molar-refractivity contribution in [3.63, 3.8) is 0 Å². The first-order valence-electron chi connectivity index (χ1n) is 5.97. The molecule has 0 saturated carbocycles. The van der Waals surface area contributed by atoms with Gasteiger partial charge in [-0.2, -0.15) is 0 Å². The molecule has 10 heteroatoms. The molecular weight excluding hydrogens is 298 g/mol. The average molecular weight is 305 g/mol. The molecule has 10 nitrogen and oxygen atoms in total. The Balaban J connectivity index is 2.39. The quantitative estimate of drug-likeness (QED) is 0.430. The first-order chi connectivity index (χ1) is 10.3. The van der Waals surface area contributed by atoms with Gasteiger partial charge in [0.2, 0.25) is 0 Å². The van der Waals surface area contributed by atoms with Gasteiger partial charge in [0.15, 0.2) is 6.73 Å². The van der Waals surface area contributed by atoms with Crippen LogP contribution in [-0.2, 0) is 18.6 Å². The van der Waals surface area contributed by atoms with Gasteiger partial charge >= 0.3 is 0 Å². The summed E-state index contributed by atoms with van der Waals surface area (Å²) in [4.78, 5) is 62.1. The van der Waals surface area contributed by atoms with E-state index in [1.807, 2.05) is 0 Å². The van der Waals surface area contributed by atoms with Crippen molar-refractivity contribution < 1.29 is 9.92 Å². The minimum Gasteiger partial charge on any atom is -0.292 e. The Bertz CT molecular complexity index is 1070. The van der Waals surface area contributed by atoms with Crippen LogP contribution >= 0.6 is 0 Å². The SMILES string of the molecule is Cn1c(=O)c2cc3c(=O)n(CO[N+](=O)[O-])c(=O)c3cc2c1=O. The molecule has 0 fully saturated rings. The van der Waals surface area contributed by atoms with Crippen molar-refractivity contribution in [2.75, 3.05) is 0 Å². The highest BCUT2D eigenvalue weighted by Crippen LogP contribution is 2.14.